The van der Waals surface area contributed by atoms with Gasteiger partial charge in [-0.2, -0.15) is 0 Å². The number of nitrogens with zero attached hydrogens (tertiary/aromatic N) is 2. The molecule has 2 rings (SSSR count). The number of carbonyl (C=O) groups excluding carboxylic acids is 1. The fourth-order valence-corrected chi connectivity index (χ4v) is 2.37. The molecule has 25 heavy (non-hydrogen) atoms. The van der Waals surface area contributed by atoms with Crippen LogP contribution < -0.4 is 11.1 Å². The van der Waals surface area contributed by atoms with E-state index in [1.165, 1.54) is 0 Å². The maximum absolute atomic E-state index is 12.0. The third-order valence-corrected chi connectivity index (χ3v) is 3.91. The van der Waals surface area contributed by atoms with Gasteiger partial charge in [0.15, 0.2) is 5.84 Å². The zero-order valence-electron chi connectivity index (χ0n) is 13.9. The Labute approximate surface area is 146 Å². The van der Waals surface area contributed by atoms with Gasteiger partial charge in [-0.25, -0.2) is 0 Å². The minimum absolute atomic E-state index is 0.0445. The van der Waals surface area contributed by atoms with Crippen LogP contribution >= 0.6 is 0 Å². The molecular formula is C18H22N4O3. The van der Waals surface area contributed by atoms with Gasteiger partial charge in [-0.1, -0.05) is 46.7 Å². The first-order valence-corrected chi connectivity index (χ1v) is 7.90. The number of hydrogen-bond acceptors (Lipinski definition) is 5. The molecule has 0 fully saturated rings. The number of amides is 1. The lowest BCUT2D eigenvalue weighted by atomic mass is 10.0. The van der Waals surface area contributed by atoms with Gasteiger partial charge < -0.3 is 21.1 Å². The van der Waals surface area contributed by atoms with Crippen molar-refractivity contribution in [2.75, 3.05) is 6.54 Å². The molecule has 0 saturated carbocycles. The molecule has 132 valence electrons. The second-order valence-electron chi connectivity index (χ2n) is 5.68. The lowest BCUT2D eigenvalue weighted by Crippen LogP contribution is -2.30. The van der Waals surface area contributed by atoms with Crippen LogP contribution in [0.25, 0.3) is 0 Å². The number of amidine groups is 1. The summed E-state index contributed by atoms with van der Waals surface area (Å²) in [6.45, 7) is 7.84. The van der Waals surface area contributed by atoms with Crippen molar-refractivity contribution in [1.29, 1.82) is 0 Å². The Morgan fingerprint density at radius 3 is 2.72 bits per heavy atom. The fourth-order valence-electron chi connectivity index (χ4n) is 2.37. The lowest BCUT2D eigenvalue weighted by molar-refractivity contribution is -0.123. The molecule has 7 nitrogen and oxygen atoms in total. The quantitative estimate of drug-likeness (QED) is 0.220. The zero-order valence-corrected chi connectivity index (χ0v) is 13.9. The highest BCUT2D eigenvalue weighted by molar-refractivity contribution is 6.03. The highest BCUT2D eigenvalue weighted by Gasteiger charge is 2.24. The van der Waals surface area contributed by atoms with Crippen LogP contribution in [0.1, 0.15) is 24.0 Å². The molecule has 0 saturated heterocycles. The van der Waals surface area contributed by atoms with E-state index >= 15 is 0 Å². The summed E-state index contributed by atoms with van der Waals surface area (Å²) in [4.78, 5) is 17.3. The van der Waals surface area contributed by atoms with Crippen LogP contribution in [0.4, 0.5) is 0 Å². The second kappa shape index (κ2) is 8.68. The van der Waals surface area contributed by atoms with Crippen LogP contribution in [0.2, 0.25) is 0 Å². The van der Waals surface area contributed by atoms with E-state index in [0.29, 0.717) is 18.5 Å². The van der Waals surface area contributed by atoms with Crippen molar-refractivity contribution in [3.8, 4) is 0 Å². The smallest absolute Gasteiger partial charge is 0.223 e. The van der Waals surface area contributed by atoms with Gasteiger partial charge in [-0.3, -0.25) is 4.79 Å². The number of benzene rings is 1. The van der Waals surface area contributed by atoms with E-state index < -0.39 is 0 Å². The van der Waals surface area contributed by atoms with Crippen LogP contribution in [0, 0.1) is 5.92 Å². The van der Waals surface area contributed by atoms with Gasteiger partial charge in [0, 0.05) is 24.4 Å². The van der Waals surface area contributed by atoms with Crippen LogP contribution in [-0.2, 0) is 9.63 Å². The molecule has 1 amide bonds. The van der Waals surface area contributed by atoms with Gasteiger partial charge in [0.05, 0.1) is 12.1 Å². The molecule has 0 spiro atoms. The molecule has 0 aromatic heterocycles. The standard InChI is InChI=1S/C18H22N4O3/c1-3-12(4-2)11-20-17(23)10-15-9-16(22-25-15)13-5-7-14(8-6-13)18(19)21-24/h3-8,12,15,24H,1-2,9-11H2,(H2,19,21)(H,20,23). The van der Waals surface area contributed by atoms with Crippen LogP contribution in [0.15, 0.2) is 59.9 Å². The molecule has 1 aliphatic heterocycles. The van der Waals surface area contributed by atoms with Crippen LogP contribution in [-0.4, -0.2) is 35.3 Å². The summed E-state index contributed by atoms with van der Waals surface area (Å²) in [6.07, 6.45) is 3.96. The molecule has 0 bridgehead atoms. The Kier molecular flexibility index (Phi) is 6.33. The topological polar surface area (TPSA) is 109 Å². The molecule has 1 atom stereocenters. The second-order valence-corrected chi connectivity index (χ2v) is 5.68. The highest BCUT2D eigenvalue weighted by Crippen LogP contribution is 2.19. The van der Waals surface area contributed by atoms with Crippen molar-refractivity contribution in [3.05, 3.63) is 60.7 Å². The Bertz CT molecular complexity index is 687. The number of rotatable bonds is 8. The first-order chi connectivity index (χ1) is 12.1. The summed E-state index contributed by atoms with van der Waals surface area (Å²) in [5, 5.41) is 18.5. The first kappa shape index (κ1) is 18.3. The van der Waals surface area contributed by atoms with Gasteiger partial charge in [0.2, 0.25) is 5.91 Å². The van der Waals surface area contributed by atoms with E-state index in [1.54, 1.807) is 24.3 Å². The number of hydrogen-bond donors (Lipinski definition) is 3. The van der Waals surface area contributed by atoms with Crippen LogP contribution in [0.5, 0.6) is 0 Å². The van der Waals surface area contributed by atoms with E-state index in [2.05, 4.69) is 28.8 Å². The summed E-state index contributed by atoms with van der Waals surface area (Å²) >= 11 is 0. The highest BCUT2D eigenvalue weighted by atomic mass is 16.6. The maximum Gasteiger partial charge on any atom is 0.223 e. The minimum atomic E-state index is -0.287. The van der Waals surface area contributed by atoms with Crippen molar-refractivity contribution in [3.63, 3.8) is 0 Å². The molecule has 7 heteroatoms. The Balaban J connectivity index is 1.85. The molecule has 4 N–H and O–H groups in total. The molecule has 1 heterocycles. The average Bonchev–Trinajstić information content (AvgIpc) is 3.10. The maximum atomic E-state index is 12.0. The summed E-state index contributed by atoms with van der Waals surface area (Å²) in [5.74, 6) is -0.00541. The molecule has 1 unspecified atom stereocenters. The van der Waals surface area contributed by atoms with Gasteiger partial charge in [0.25, 0.3) is 0 Å². The summed E-state index contributed by atoms with van der Waals surface area (Å²) in [5.41, 5.74) is 7.78. The molecular weight excluding hydrogens is 320 g/mol. The monoisotopic (exact) mass is 342 g/mol. The van der Waals surface area contributed by atoms with Crippen molar-refractivity contribution in [2.45, 2.75) is 18.9 Å². The molecule has 1 aromatic carbocycles. The molecule has 0 radical (unpaired) electrons. The number of carbonyl (C=O) groups is 1. The minimum Gasteiger partial charge on any atom is -0.409 e. The van der Waals surface area contributed by atoms with E-state index in [0.717, 1.165) is 11.3 Å². The normalized spacial score (nSPS) is 16.9. The average molecular weight is 342 g/mol. The fraction of sp³-hybridized carbons (Fsp3) is 0.278. The van der Waals surface area contributed by atoms with Gasteiger partial charge in [-0.15, -0.1) is 13.2 Å². The summed E-state index contributed by atoms with van der Waals surface area (Å²) in [6, 6.07) is 7.10. The third kappa shape index (κ3) is 4.94. The van der Waals surface area contributed by atoms with E-state index in [-0.39, 0.29) is 30.2 Å². The Morgan fingerprint density at radius 2 is 2.12 bits per heavy atom. The predicted octanol–water partition coefficient (Wildman–Crippen LogP) is 1.77. The van der Waals surface area contributed by atoms with Crippen molar-refractivity contribution >= 4 is 17.5 Å². The van der Waals surface area contributed by atoms with E-state index in [9.17, 15) is 4.79 Å². The molecule has 0 aliphatic carbocycles. The van der Waals surface area contributed by atoms with Gasteiger partial charge in [0.1, 0.15) is 6.10 Å². The van der Waals surface area contributed by atoms with E-state index in [1.807, 2.05) is 12.1 Å². The Hall–Kier alpha value is -3.09. The summed E-state index contributed by atoms with van der Waals surface area (Å²) < 4.78 is 0. The summed E-state index contributed by atoms with van der Waals surface area (Å²) in [7, 11) is 0. The number of nitrogens with one attached hydrogen (secondary N) is 1. The van der Waals surface area contributed by atoms with Crippen LogP contribution in [0.3, 0.4) is 0 Å². The largest absolute Gasteiger partial charge is 0.409 e. The van der Waals surface area contributed by atoms with Gasteiger partial charge >= 0.3 is 0 Å². The zero-order chi connectivity index (χ0) is 18.2. The Morgan fingerprint density at radius 1 is 1.44 bits per heavy atom. The number of oxime groups is 2. The molecule has 1 aliphatic rings. The number of nitrogens with two attached hydrogens (primary N) is 1. The van der Waals surface area contributed by atoms with Gasteiger partial charge in [-0.05, 0) is 5.56 Å². The van der Waals surface area contributed by atoms with Crippen molar-refractivity contribution in [2.24, 2.45) is 22.0 Å². The third-order valence-electron chi connectivity index (χ3n) is 3.91. The predicted molar refractivity (Wildman–Crippen MR) is 96.5 cm³/mol. The SMILES string of the molecule is C=CC(C=C)CNC(=O)CC1CC(c2ccc(/C(N)=N\O)cc2)=NO1. The molecule has 1 aromatic rings. The lowest BCUT2D eigenvalue weighted by Gasteiger charge is -2.11. The van der Waals surface area contributed by atoms with E-state index in [4.69, 9.17) is 15.8 Å². The van der Waals surface area contributed by atoms with Crippen molar-refractivity contribution in [1.82, 2.24) is 5.32 Å². The van der Waals surface area contributed by atoms with Crippen molar-refractivity contribution < 1.29 is 14.8 Å². The first-order valence-electron chi connectivity index (χ1n) is 7.90.